The Bertz CT molecular complexity index is 3100. The van der Waals surface area contributed by atoms with E-state index in [2.05, 4.69) is 212 Å². The maximum absolute atomic E-state index is 2.43. The first-order valence-corrected chi connectivity index (χ1v) is 19.3. The lowest BCUT2D eigenvalue weighted by Gasteiger charge is -2.20. The first-order chi connectivity index (χ1) is 26.9. The lowest BCUT2D eigenvalue weighted by atomic mass is 9.59. The van der Waals surface area contributed by atoms with Crippen LogP contribution in [0.1, 0.15) is 0 Å². The van der Waals surface area contributed by atoms with Gasteiger partial charge in [0.15, 0.2) is 0 Å². The van der Waals surface area contributed by atoms with Crippen LogP contribution >= 0.6 is 0 Å². The van der Waals surface area contributed by atoms with Crippen molar-refractivity contribution in [2.75, 3.05) is 0 Å². The number of hydrogen-bond donors (Lipinski definition) is 0. The minimum atomic E-state index is 1.16. The molecule has 0 radical (unpaired) electrons. The monoisotopic (exact) mass is 696 g/mol. The molecule has 254 valence electrons. The average Bonchev–Trinajstić information content (AvgIpc) is 3.75. The second kappa shape index (κ2) is 12.9. The van der Waals surface area contributed by atoms with E-state index in [0.29, 0.717) is 0 Å². The van der Waals surface area contributed by atoms with Gasteiger partial charge in [0.05, 0.1) is 22.1 Å². The first kappa shape index (κ1) is 33.3. The molecule has 2 aromatic heterocycles. The van der Waals surface area contributed by atoms with Gasteiger partial charge in [-0.05, 0) is 100 Å². The molecule has 10 rings (SSSR count). The Hall–Kier alpha value is -6.32. The molecule has 0 atom stereocenters. The Morgan fingerprint density at radius 3 is 1.24 bits per heavy atom. The van der Waals surface area contributed by atoms with Gasteiger partial charge in [-0.15, -0.1) is 16.4 Å². The second-order valence-electron chi connectivity index (χ2n) is 15.1. The Balaban J connectivity index is 1.15. The minimum absolute atomic E-state index is 1.16. The summed E-state index contributed by atoms with van der Waals surface area (Å²) in [5.74, 6) is 0. The summed E-state index contributed by atoms with van der Waals surface area (Å²) >= 11 is 0. The number of benzene rings is 8. The van der Waals surface area contributed by atoms with Gasteiger partial charge in [-0.3, -0.25) is 0 Å². The van der Waals surface area contributed by atoms with E-state index in [4.69, 9.17) is 0 Å². The topological polar surface area (TPSA) is 9.86 Å². The smallest absolute Gasteiger partial charge is 0.139 e. The summed E-state index contributed by atoms with van der Waals surface area (Å²) in [5.41, 5.74) is 21.6. The molecule has 0 aliphatic heterocycles. The third kappa shape index (κ3) is 5.25. The van der Waals surface area contributed by atoms with Crippen molar-refractivity contribution in [3.05, 3.63) is 164 Å². The van der Waals surface area contributed by atoms with Crippen molar-refractivity contribution in [2.24, 2.45) is 0 Å². The van der Waals surface area contributed by atoms with E-state index in [1.165, 1.54) is 110 Å². The highest BCUT2D eigenvalue weighted by molar-refractivity contribution is 6.68. The Labute approximate surface area is 326 Å². The maximum Gasteiger partial charge on any atom is 0.139 e. The van der Waals surface area contributed by atoms with E-state index in [1.54, 1.807) is 0 Å². The molecule has 0 amide bonds. The van der Waals surface area contributed by atoms with Crippen molar-refractivity contribution < 1.29 is 0 Å². The van der Waals surface area contributed by atoms with E-state index < -0.39 is 0 Å². The average molecular weight is 696 g/mol. The molecule has 10 aromatic rings. The van der Waals surface area contributed by atoms with Gasteiger partial charge in [-0.2, -0.15) is 0 Å². The number of nitrogens with zero attached hydrogens (tertiary/aromatic N) is 2. The molecule has 0 N–H and O–H groups in total. The van der Waals surface area contributed by atoms with Gasteiger partial charge in [-0.1, -0.05) is 108 Å². The van der Waals surface area contributed by atoms with Gasteiger partial charge in [-0.25, -0.2) is 0 Å². The van der Waals surface area contributed by atoms with Crippen molar-refractivity contribution in [1.82, 2.24) is 9.13 Å². The van der Waals surface area contributed by atoms with Crippen molar-refractivity contribution in [3.8, 4) is 44.8 Å². The molecule has 0 aliphatic carbocycles. The van der Waals surface area contributed by atoms with E-state index in [0.717, 1.165) is 5.69 Å². The second-order valence-corrected chi connectivity index (χ2v) is 15.1. The summed E-state index contributed by atoms with van der Waals surface area (Å²) in [7, 11) is 11.4. The number of para-hydroxylation sites is 2. The van der Waals surface area contributed by atoms with Crippen molar-refractivity contribution in [2.45, 2.75) is 0 Å². The van der Waals surface area contributed by atoms with Gasteiger partial charge >= 0.3 is 0 Å². The number of hydrogen-bond acceptors (Lipinski definition) is 0. The normalized spacial score (nSPS) is 11.6. The van der Waals surface area contributed by atoms with Crippen molar-refractivity contribution in [3.63, 3.8) is 0 Å². The highest BCUT2D eigenvalue weighted by atomic mass is 15.0. The SMILES string of the molecule is Bc1c(B)c(B)c(-c2ccc3c(c2)c2cc(-c4ccc5c(c4)c4ccccc4n5-c4ccc(-c5ccccc5)cc4)ccc2n3-c2ccccc2)c(B)c1B. The van der Waals surface area contributed by atoms with Crippen molar-refractivity contribution >= 4 is 110 Å². The summed E-state index contributed by atoms with van der Waals surface area (Å²) in [5, 5.41) is 5.04. The number of rotatable bonds is 5. The van der Waals surface area contributed by atoms with E-state index in [9.17, 15) is 0 Å². The van der Waals surface area contributed by atoms with Crippen LogP contribution in [0.2, 0.25) is 0 Å². The van der Waals surface area contributed by atoms with Gasteiger partial charge in [0.1, 0.15) is 39.2 Å². The van der Waals surface area contributed by atoms with E-state index in [-0.39, 0.29) is 0 Å². The molecule has 0 fully saturated rings. The van der Waals surface area contributed by atoms with Gasteiger partial charge < -0.3 is 9.13 Å². The zero-order valence-corrected chi connectivity index (χ0v) is 32.0. The Morgan fingerprint density at radius 1 is 0.273 bits per heavy atom. The number of aromatic nitrogens is 2. The predicted octanol–water partition coefficient (Wildman–Crippen LogP) is 4.17. The molecule has 2 nitrogen and oxygen atoms in total. The Morgan fingerprint density at radius 2 is 0.655 bits per heavy atom. The van der Waals surface area contributed by atoms with Crippen LogP contribution in [-0.2, 0) is 0 Å². The fourth-order valence-corrected chi connectivity index (χ4v) is 9.01. The third-order valence-corrected chi connectivity index (χ3v) is 12.3. The highest BCUT2D eigenvalue weighted by Crippen LogP contribution is 2.39. The van der Waals surface area contributed by atoms with Crippen molar-refractivity contribution in [1.29, 1.82) is 0 Å². The van der Waals surface area contributed by atoms with Crippen LogP contribution in [-0.4, -0.2) is 48.4 Å². The largest absolute Gasteiger partial charge is 0.309 e. The maximum atomic E-state index is 2.43. The molecule has 0 saturated carbocycles. The van der Waals surface area contributed by atoms with Crippen LogP contribution in [0.5, 0.6) is 0 Å². The molecule has 0 unspecified atom stereocenters. The van der Waals surface area contributed by atoms with E-state index in [1.807, 2.05) is 0 Å². The fourth-order valence-electron chi connectivity index (χ4n) is 9.01. The van der Waals surface area contributed by atoms with Crippen LogP contribution < -0.4 is 27.3 Å². The van der Waals surface area contributed by atoms with Crippen LogP contribution in [0.15, 0.2) is 164 Å². The lowest BCUT2D eigenvalue weighted by molar-refractivity contribution is 1.18. The zero-order chi connectivity index (χ0) is 37.4. The molecular weight excluding hydrogens is 659 g/mol. The Kier molecular flexibility index (Phi) is 7.82. The van der Waals surface area contributed by atoms with Crippen LogP contribution in [0.3, 0.4) is 0 Å². The van der Waals surface area contributed by atoms with Crippen LogP contribution in [0.4, 0.5) is 0 Å². The lowest BCUT2D eigenvalue weighted by Crippen LogP contribution is -2.55. The quantitative estimate of drug-likeness (QED) is 0.240. The first-order valence-electron chi connectivity index (χ1n) is 19.3. The molecule has 0 saturated heterocycles. The summed E-state index contributed by atoms with van der Waals surface area (Å²) in [6.45, 7) is 0. The summed E-state index contributed by atoms with van der Waals surface area (Å²) in [6, 6.07) is 60.2. The zero-order valence-electron chi connectivity index (χ0n) is 32.0. The molecule has 0 aliphatic rings. The van der Waals surface area contributed by atoms with Gasteiger partial charge in [0, 0.05) is 32.9 Å². The van der Waals surface area contributed by atoms with Crippen LogP contribution in [0.25, 0.3) is 88.4 Å². The van der Waals surface area contributed by atoms with Crippen LogP contribution in [0, 0.1) is 0 Å². The third-order valence-electron chi connectivity index (χ3n) is 12.3. The summed E-state index contributed by atoms with van der Waals surface area (Å²) < 4.78 is 4.82. The van der Waals surface area contributed by atoms with Gasteiger partial charge in [0.2, 0.25) is 0 Å². The molecule has 8 aromatic carbocycles. The fraction of sp³-hybridized carbons (Fsp3) is 0. The number of fused-ring (bicyclic) bond motifs is 6. The molecule has 0 spiro atoms. The van der Waals surface area contributed by atoms with E-state index >= 15 is 0 Å². The minimum Gasteiger partial charge on any atom is -0.309 e. The van der Waals surface area contributed by atoms with Gasteiger partial charge in [0.25, 0.3) is 0 Å². The molecule has 55 heavy (non-hydrogen) atoms. The summed E-state index contributed by atoms with van der Waals surface area (Å²) in [6.07, 6.45) is 0. The molecule has 0 bridgehead atoms. The standard InChI is InChI=1S/C48H37B5N2/c49-44-43(45(50)47(52)48(53)46(44)51)32-19-24-42-38(27-32)37-26-31(18-23-41(37)54(42)33-11-5-2-6-12-33)30-17-22-40-36(25-30)35-13-7-8-14-39(35)55(40)34-20-15-29(16-21-34)28-9-3-1-4-10-28/h1-27H,49-53H2. The summed E-state index contributed by atoms with van der Waals surface area (Å²) in [4.78, 5) is 0. The molecule has 7 heteroatoms. The predicted molar refractivity (Wildman–Crippen MR) is 252 cm³/mol. The molecule has 2 heterocycles. The highest BCUT2D eigenvalue weighted by Gasteiger charge is 2.19. The molecular formula is C48H37B5N2.